The van der Waals surface area contributed by atoms with Crippen molar-refractivity contribution in [2.45, 2.75) is 25.7 Å². The number of nitrogens with two attached hydrogens (primary N) is 1. The molecule has 1 saturated heterocycles. The van der Waals surface area contributed by atoms with E-state index < -0.39 is 5.41 Å². The third-order valence-electron chi connectivity index (χ3n) is 4.26. The van der Waals surface area contributed by atoms with Gasteiger partial charge in [0.05, 0.1) is 0 Å². The van der Waals surface area contributed by atoms with E-state index in [-0.39, 0.29) is 11.7 Å². The van der Waals surface area contributed by atoms with Crippen LogP contribution in [0.25, 0.3) is 0 Å². The molecular formula is C12H22N4O2. The van der Waals surface area contributed by atoms with Crippen LogP contribution in [-0.2, 0) is 4.79 Å². The quantitative estimate of drug-likeness (QED) is 0.316. The van der Waals surface area contributed by atoms with Gasteiger partial charge >= 0.3 is 0 Å². The molecule has 1 heterocycles. The number of nitrogens with zero attached hydrogens (tertiary/aromatic N) is 3. The van der Waals surface area contributed by atoms with Crippen LogP contribution in [0.15, 0.2) is 5.16 Å². The van der Waals surface area contributed by atoms with Crippen LogP contribution in [0.4, 0.5) is 0 Å². The van der Waals surface area contributed by atoms with Crippen molar-refractivity contribution in [1.82, 2.24) is 9.80 Å². The molecule has 6 nitrogen and oxygen atoms in total. The van der Waals surface area contributed by atoms with Gasteiger partial charge in [-0.3, -0.25) is 4.79 Å². The number of oxime groups is 1. The van der Waals surface area contributed by atoms with Crippen molar-refractivity contribution in [1.29, 1.82) is 0 Å². The average molecular weight is 254 g/mol. The lowest BCUT2D eigenvalue weighted by atomic mass is 9.83. The van der Waals surface area contributed by atoms with E-state index in [1.54, 1.807) is 0 Å². The number of hydrogen-bond donors (Lipinski definition) is 2. The second kappa shape index (κ2) is 5.14. The highest BCUT2D eigenvalue weighted by molar-refractivity contribution is 6.07. The lowest BCUT2D eigenvalue weighted by molar-refractivity contribution is -0.139. The minimum atomic E-state index is -0.745. The fourth-order valence-electron chi connectivity index (χ4n) is 2.97. The number of carbonyl (C=O) groups excluding carboxylic acids is 1. The predicted molar refractivity (Wildman–Crippen MR) is 68.4 cm³/mol. The lowest BCUT2D eigenvalue weighted by Gasteiger charge is -2.38. The van der Waals surface area contributed by atoms with E-state index >= 15 is 0 Å². The van der Waals surface area contributed by atoms with Crippen molar-refractivity contribution in [3.63, 3.8) is 0 Å². The molecule has 0 aromatic rings. The maximum absolute atomic E-state index is 12.7. The zero-order valence-corrected chi connectivity index (χ0v) is 10.9. The molecule has 0 radical (unpaired) electrons. The minimum absolute atomic E-state index is 0.0448. The number of likely N-dealkylation sites (N-methyl/N-ethyl adjacent to an activating group) is 1. The van der Waals surface area contributed by atoms with Gasteiger partial charge in [-0.05, 0) is 19.9 Å². The standard InChI is InChI=1S/C12H22N4O2/c1-15-6-8-16(9-7-15)11(17)12(10(13)14-18)4-2-3-5-12/h18H,2-9H2,1H3,(H2,13,14). The third-order valence-corrected chi connectivity index (χ3v) is 4.26. The smallest absolute Gasteiger partial charge is 0.236 e. The van der Waals surface area contributed by atoms with Gasteiger partial charge in [0.15, 0.2) is 5.84 Å². The third kappa shape index (κ3) is 2.16. The van der Waals surface area contributed by atoms with Crippen LogP contribution < -0.4 is 5.73 Å². The summed E-state index contributed by atoms with van der Waals surface area (Å²) in [6, 6.07) is 0. The summed E-state index contributed by atoms with van der Waals surface area (Å²) in [6.07, 6.45) is 3.34. The highest BCUT2D eigenvalue weighted by Gasteiger charge is 2.47. The Morgan fingerprint density at radius 3 is 2.28 bits per heavy atom. The Morgan fingerprint density at radius 2 is 1.78 bits per heavy atom. The molecule has 6 heteroatoms. The van der Waals surface area contributed by atoms with Crippen molar-refractivity contribution in [2.24, 2.45) is 16.3 Å². The Labute approximate surface area is 107 Å². The molecule has 0 atom stereocenters. The molecule has 2 aliphatic rings. The average Bonchev–Trinajstić information content (AvgIpc) is 2.88. The second-order valence-electron chi connectivity index (χ2n) is 5.37. The van der Waals surface area contributed by atoms with E-state index in [4.69, 9.17) is 10.9 Å². The molecule has 0 aromatic carbocycles. The summed E-state index contributed by atoms with van der Waals surface area (Å²) >= 11 is 0. The predicted octanol–water partition coefficient (Wildman–Crippen LogP) is 0.0672. The monoisotopic (exact) mass is 254 g/mol. The van der Waals surface area contributed by atoms with Crippen LogP contribution in [0.2, 0.25) is 0 Å². The summed E-state index contributed by atoms with van der Waals surface area (Å²) in [5.41, 5.74) is 5.04. The van der Waals surface area contributed by atoms with E-state index in [9.17, 15) is 4.79 Å². The van der Waals surface area contributed by atoms with Crippen molar-refractivity contribution < 1.29 is 10.0 Å². The Bertz CT molecular complexity index is 342. The molecule has 3 N–H and O–H groups in total. The molecule has 2 rings (SSSR count). The molecule has 0 spiro atoms. The maximum Gasteiger partial charge on any atom is 0.236 e. The molecule has 0 aromatic heterocycles. The Balaban J connectivity index is 2.14. The fraction of sp³-hybridized carbons (Fsp3) is 0.833. The van der Waals surface area contributed by atoms with E-state index in [1.165, 1.54) is 0 Å². The highest BCUT2D eigenvalue weighted by Crippen LogP contribution is 2.40. The van der Waals surface area contributed by atoms with Crippen LogP contribution in [0.5, 0.6) is 0 Å². The first-order valence-electron chi connectivity index (χ1n) is 6.56. The molecular weight excluding hydrogens is 232 g/mol. The SMILES string of the molecule is CN1CCN(C(=O)C2(C(N)=NO)CCCC2)CC1. The summed E-state index contributed by atoms with van der Waals surface area (Å²) in [5, 5.41) is 12.0. The molecule has 1 aliphatic heterocycles. The van der Waals surface area contributed by atoms with Crippen molar-refractivity contribution in [3.8, 4) is 0 Å². The van der Waals surface area contributed by atoms with Crippen LogP contribution in [0.3, 0.4) is 0 Å². The highest BCUT2D eigenvalue weighted by atomic mass is 16.4. The van der Waals surface area contributed by atoms with Gasteiger partial charge in [-0.15, -0.1) is 0 Å². The summed E-state index contributed by atoms with van der Waals surface area (Å²) in [5.74, 6) is 0.132. The minimum Gasteiger partial charge on any atom is -0.409 e. The molecule has 2 fully saturated rings. The van der Waals surface area contributed by atoms with Crippen LogP contribution in [-0.4, -0.2) is 60.0 Å². The number of amidine groups is 1. The van der Waals surface area contributed by atoms with Gasteiger partial charge < -0.3 is 20.7 Å². The van der Waals surface area contributed by atoms with Gasteiger partial charge in [0, 0.05) is 26.2 Å². The van der Waals surface area contributed by atoms with E-state index in [1.807, 2.05) is 4.90 Å². The largest absolute Gasteiger partial charge is 0.409 e. The first kappa shape index (κ1) is 13.1. The topological polar surface area (TPSA) is 82.2 Å². The van der Waals surface area contributed by atoms with E-state index in [2.05, 4.69) is 17.1 Å². The summed E-state index contributed by atoms with van der Waals surface area (Å²) < 4.78 is 0. The second-order valence-corrected chi connectivity index (χ2v) is 5.37. The molecule has 102 valence electrons. The Morgan fingerprint density at radius 1 is 1.22 bits per heavy atom. The van der Waals surface area contributed by atoms with Gasteiger partial charge in [0.25, 0.3) is 0 Å². The van der Waals surface area contributed by atoms with Crippen LogP contribution in [0, 0.1) is 5.41 Å². The summed E-state index contributed by atoms with van der Waals surface area (Å²) in [6.45, 7) is 3.24. The van der Waals surface area contributed by atoms with Crippen LogP contribution >= 0.6 is 0 Å². The first-order chi connectivity index (χ1) is 8.60. The van der Waals surface area contributed by atoms with Gasteiger partial charge in [-0.2, -0.15) is 0 Å². The van der Waals surface area contributed by atoms with Gasteiger partial charge in [-0.25, -0.2) is 0 Å². The Kier molecular flexibility index (Phi) is 3.75. The molecule has 0 bridgehead atoms. The summed E-state index contributed by atoms with van der Waals surface area (Å²) in [4.78, 5) is 16.7. The van der Waals surface area contributed by atoms with Crippen molar-refractivity contribution >= 4 is 11.7 Å². The molecule has 0 unspecified atom stereocenters. The van der Waals surface area contributed by atoms with Crippen LogP contribution in [0.1, 0.15) is 25.7 Å². The molecule has 1 amide bonds. The number of amides is 1. The summed E-state index contributed by atoms with van der Waals surface area (Å²) in [7, 11) is 2.05. The van der Waals surface area contributed by atoms with Crippen molar-refractivity contribution in [2.75, 3.05) is 33.2 Å². The molecule has 1 aliphatic carbocycles. The normalized spacial score (nSPS) is 25.4. The molecule has 18 heavy (non-hydrogen) atoms. The van der Waals surface area contributed by atoms with Gasteiger partial charge in [0.2, 0.25) is 5.91 Å². The molecule has 1 saturated carbocycles. The number of hydrogen-bond acceptors (Lipinski definition) is 4. The van der Waals surface area contributed by atoms with Crippen molar-refractivity contribution in [3.05, 3.63) is 0 Å². The number of piperazine rings is 1. The number of rotatable bonds is 2. The first-order valence-corrected chi connectivity index (χ1v) is 6.56. The Hall–Kier alpha value is -1.30. The maximum atomic E-state index is 12.7. The van der Waals surface area contributed by atoms with Gasteiger partial charge in [0.1, 0.15) is 5.41 Å². The lowest BCUT2D eigenvalue weighted by Crippen LogP contribution is -2.55. The van der Waals surface area contributed by atoms with E-state index in [0.29, 0.717) is 12.8 Å². The van der Waals surface area contributed by atoms with E-state index in [0.717, 1.165) is 39.0 Å². The zero-order chi connectivity index (χ0) is 13.2. The number of carbonyl (C=O) groups is 1. The zero-order valence-electron chi connectivity index (χ0n) is 10.9. The fourth-order valence-corrected chi connectivity index (χ4v) is 2.97. The van der Waals surface area contributed by atoms with Gasteiger partial charge in [-0.1, -0.05) is 18.0 Å².